The first-order valence-corrected chi connectivity index (χ1v) is 6.33. The first kappa shape index (κ1) is 13.3. The number of carbonyl (C=O) groups excluding carboxylic acids is 1. The Morgan fingerprint density at radius 2 is 2.05 bits per heavy atom. The Bertz CT molecular complexity index is 686. The quantitative estimate of drug-likeness (QED) is 0.842. The summed E-state index contributed by atoms with van der Waals surface area (Å²) >= 11 is 0. The summed E-state index contributed by atoms with van der Waals surface area (Å²) in [6.45, 7) is 0. The van der Waals surface area contributed by atoms with Crippen molar-refractivity contribution in [3.63, 3.8) is 0 Å². The van der Waals surface area contributed by atoms with Gasteiger partial charge in [-0.25, -0.2) is 9.82 Å². The van der Waals surface area contributed by atoms with Crippen LogP contribution in [0.5, 0.6) is 11.5 Å². The molecule has 0 saturated carbocycles. The molecule has 1 aliphatic heterocycles. The number of hydrazine groups is 1. The van der Waals surface area contributed by atoms with Crippen molar-refractivity contribution in [2.45, 2.75) is 6.04 Å². The third-order valence-corrected chi connectivity index (χ3v) is 2.98. The van der Waals surface area contributed by atoms with E-state index in [-0.39, 0.29) is 11.9 Å². The lowest BCUT2D eigenvalue weighted by molar-refractivity contribution is -0.108. The molecule has 1 aromatic carbocycles. The number of halogens is 1. The van der Waals surface area contributed by atoms with Gasteiger partial charge in [-0.2, -0.15) is 0 Å². The molecule has 0 fully saturated rings. The standard InChI is InChI=1S/C15H12FN3O2/c16-10-1-3-12(4-2-10)21-15-8-17-6-5-13(15)14-7-11(9-20)18-19-14/h1-9,11,18-19H. The summed E-state index contributed by atoms with van der Waals surface area (Å²) in [5.41, 5.74) is 7.22. The van der Waals surface area contributed by atoms with Crippen LogP contribution in [0, 0.1) is 5.82 Å². The molecular formula is C15H12FN3O2. The number of aromatic nitrogens is 1. The van der Waals surface area contributed by atoms with E-state index in [0.29, 0.717) is 11.5 Å². The monoisotopic (exact) mass is 285 g/mol. The zero-order valence-electron chi connectivity index (χ0n) is 10.9. The Kier molecular flexibility index (Phi) is 3.61. The molecule has 0 bridgehead atoms. The second-order valence-electron chi connectivity index (χ2n) is 4.44. The van der Waals surface area contributed by atoms with Gasteiger partial charge in [-0.05, 0) is 36.4 Å². The number of nitrogens with one attached hydrogen (secondary N) is 2. The van der Waals surface area contributed by atoms with Gasteiger partial charge in [-0.15, -0.1) is 0 Å². The summed E-state index contributed by atoms with van der Waals surface area (Å²) in [6, 6.07) is 7.11. The van der Waals surface area contributed by atoms with Gasteiger partial charge in [0.2, 0.25) is 0 Å². The van der Waals surface area contributed by atoms with Crippen molar-refractivity contribution in [2.24, 2.45) is 0 Å². The van der Waals surface area contributed by atoms with Crippen molar-refractivity contribution in [1.82, 2.24) is 15.8 Å². The van der Waals surface area contributed by atoms with Crippen LogP contribution in [0.15, 0.2) is 48.8 Å². The van der Waals surface area contributed by atoms with Crippen LogP contribution in [0.4, 0.5) is 4.39 Å². The van der Waals surface area contributed by atoms with Crippen LogP contribution in [-0.2, 0) is 4.79 Å². The van der Waals surface area contributed by atoms with Gasteiger partial charge in [-0.3, -0.25) is 4.98 Å². The zero-order valence-corrected chi connectivity index (χ0v) is 10.9. The maximum atomic E-state index is 12.9. The van der Waals surface area contributed by atoms with E-state index in [9.17, 15) is 9.18 Å². The van der Waals surface area contributed by atoms with E-state index in [0.717, 1.165) is 17.5 Å². The molecule has 5 nitrogen and oxygen atoms in total. The van der Waals surface area contributed by atoms with Crippen LogP contribution >= 0.6 is 0 Å². The number of nitrogens with zero attached hydrogens (tertiary/aromatic N) is 1. The first-order chi connectivity index (χ1) is 10.3. The fourth-order valence-electron chi connectivity index (χ4n) is 1.97. The summed E-state index contributed by atoms with van der Waals surface area (Å²) < 4.78 is 18.6. The minimum absolute atomic E-state index is 0.327. The van der Waals surface area contributed by atoms with Crippen molar-refractivity contribution < 1.29 is 13.9 Å². The third kappa shape index (κ3) is 2.90. The van der Waals surface area contributed by atoms with E-state index in [1.807, 2.05) is 0 Å². The molecule has 0 saturated heterocycles. The molecule has 1 unspecified atom stereocenters. The number of carbonyl (C=O) groups is 1. The van der Waals surface area contributed by atoms with Crippen LogP contribution in [0.1, 0.15) is 5.56 Å². The lowest BCUT2D eigenvalue weighted by Gasteiger charge is -2.11. The van der Waals surface area contributed by atoms with Crippen LogP contribution in [-0.4, -0.2) is 17.3 Å². The van der Waals surface area contributed by atoms with E-state index < -0.39 is 0 Å². The molecule has 0 amide bonds. The van der Waals surface area contributed by atoms with Crippen molar-refractivity contribution >= 4 is 12.0 Å². The molecular weight excluding hydrogens is 273 g/mol. The Morgan fingerprint density at radius 3 is 2.76 bits per heavy atom. The summed E-state index contributed by atoms with van der Waals surface area (Å²) in [5.74, 6) is 0.687. The Balaban J connectivity index is 1.89. The largest absolute Gasteiger partial charge is 0.455 e. The number of hydrogen-bond donors (Lipinski definition) is 2. The normalized spacial score (nSPS) is 17.0. The van der Waals surface area contributed by atoms with E-state index in [1.165, 1.54) is 24.3 Å². The third-order valence-electron chi connectivity index (χ3n) is 2.98. The molecule has 106 valence electrons. The number of aldehydes is 1. The van der Waals surface area contributed by atoms with Gasteiger partial charge in [-0.1, -0.05) is 0 Å². The summed E-state index contributed by atoms with van der Waals surface area (Å²) in [5, 5.41) is 0. The number of pyridine rings is 1. The minimum atomic E-state index is -0.383. The Morgan fingerprint density at radius 1 is 1.24 bits per heavy atom. The average molecular weight is 285 g/mol. The van der Waals surface area contributed by atoms with Crippen molar-refractivity contribution in [1.29, 1.82) is 0 Å². The molecule has 2 heterocycles. The van der Waals surface area contributed by atoms with Gasteiger partial charge < -0.3 is 15.0 Å². The first-order valence-electron chi connectivity index (χ1n) is 6.33. The molecule has 6 heteroatoms. The Labute approximate surface area is 120 Å². The SMILES string of the molecule is O=CC1C=C(c2ccncc2Oc2ccc(F)cc2)NN1. The lowest BCUT2D eigenvalue weighted by atomic mass is 10.1. The van der Waals surface area contributed by atoms with Gasteiger partial charge >= 0.3 is 0 Å². The number of benzene rings is 1. The number of ether oxygens (including phenoxy) is 1. The molecule has 0 aliphatic carbocycles. The fraction of sp³-hybridized carbons (Fsp3) is 0.0667. The lowest BCUT2D eigenvalue weighted by Crippen LogP contribution is -2.32. The van der Waals surface area contributed by atoms with Gasteiger partial charge in [0.25, 0.3) is 0 Å². The smallest absolute Gasteiger partial charge is 0.155 e. The van der Waals surface area contributed by atoms with Crippen LogP contribution in [0.2, 0.25) is 0 Å². The summed E-state index contributed by atoms with van der Waals surface area (Å²) in [6.07, 6.45) is 5.74. The summed E-state index contributed by atoms with van der Waals surface area (Å²) in [4.78, 5) is 14.8. The second-order valence-corrected chi connectivity index (χ2v) is 4.44. The van der Waals surface area contributed by atoms with Crippen LogP contribution in [0.25, 0.3) is 5.70 Å². The highest BCUT2D eigenvalue weighted by atomic mass is 19.1. The van der Waals surface area contributed by atoms with Gasteiger partial charge in [0.1, 0.15) is 23.9 Å². The Hall–Kier alpha value is -2.73. The van der Waals surface area contributed by atoms with Gasteiger partial charge in [0.05, 0.1) is 11.9 Å². The van der Waals surface area contributed by atoms with E-state index >= 15 is 0 Å². The molecule has 1 atom stereocenters. The number of hydrogen-bond acceptors (Lipinski definition) is 5. The molecule has 3 rings (SSSR count). The average Bonchev–Trinajstić information content (AvgIpc) is 2.99. The van der Waals surface area contributed by atoms with E-state index in [1.54, 1.807) is 24.5 Å². The van der Waals surface area contributed by atoms with E-state index in [4.69, 9.17) is 4.74 Å². The highest BCUT2D eigenvalue weighted by Crippen LogP contribution is 2.29. The maximum absolute atomic E-state index is 12.9. The van der Waals surface area contributed by atoms with Crippen LogP contribution in [0.3, 0.4) is 0 Å². The predicted octanol–water partition coefficient (Wildman–Crippen LogP) is 2.03. The molecule has 0 radical (unpaired) electrons. The fourth-order valence-corrected chi connectivity index (χ4v) is 1.97. The minimum Gasteiger partial charge on any atom is -0.455 e. The molecule has 0 spiro atoms. The molecule has 21 heavy (non-hydrogen) atoms. The molecule has 1 aromatic heterocycles. The highest BCUT2D eigenvalue weighted by molar-refractivity contribution is 5.76. The van der Waals surface area contributed by atoms with Gasteiger partial charge in [0, 0.05) is 11.8 Å². The number of rotatable bonds is 4. The van der Waals surface area contributed by atoms with Gasteiger partial charge in [0.15, 0.2) is 5.75 Å². The second kappa shape index (κ2) is 5.72. The van der Waals surface area contributed by atoms with Crippen molar-refractivity contribution in [2.75, 3.05) is 0 Å². The van der Waals surface area contributed by atoms with Crippen molar-refractivity contribution in [3.8, 4) is 11.5 Å². The molecule has 2 N–H and O–H groups in total. The topological polar surface area (TPSA) is 63.2 Å². The zero-order chi connectivity index (χ0) is 14.7. The van der Waals surface area contributed by atoms with Crippen molar-refractivity contribution in [3.05, 3.63) is 60.2 Å². The molecule has 1 aliphatic rings. The van der Waals surface area contributed by atoms with E-state index in [2.05, 4.69) is 15.8 Å². The highest BCUT2D eigenvalue weighted by Gasteiger charge is 2.18. The molecule has 2 aromatic rings. The maximum Gasteiger partial charge on any atom is 0.155 e. The summed E-state index contributed by atoms with van der Waals surface area (Å²) in [7, 11) is 0. The van der Waals surface area contributed by atoms with Crippen LogP contribution < -0.4 is 15.6 Å². The predicted molar refractivity (Wildman–Crippen MR) is 74.8 cm³/mol.